The highest BCUT2D eigenvalue weighted by atomic mass is 31.2. The molecule has 0 aliphatic carbocycles. The Hall–Kier alpha value is -1.69. The van der Waals surface area contributed by atoms with Crippen LogP contribution < -0.4 is 5.32 Å². The summed E-state index contributed by atoms with van der Waals surface area (Å²) in [5.74, 6) is -0.663. The minimum atomic E-state index is -2.13. The van der Waals surface area contributed by atoms with Gasteiger partial charge < -0.3 is 24.6 Å². The van der Waals surface area contributed by atoms with Crippen LogP contribution in [0.3, 0.4) is 0 Å². The van der Waals surface area contributed by atoms with Crippen LogP contribution in [0.15, 0.2) is 30.3 Å². The third kappa shape index (κ3) is 7.04. The van der Waals surface area contributed by atoms with E-state index in [1.807, 2.05) is 18.2 Å². The molecule has 7 nitrogen and oxygen atoms in total. The fourth-order valence-electron chi connectivity index (χ4n) is 1.54. The van der Waals surface area contributed by atoms with Crippen molar-refractivity contribution in [3.8, 4) is 0 Å². The van der Waals surface area contributed by atoms with Gasteiger partial charge in [0, 0.05) is 6.16 Å². The fraction of sp³-hybridized carbons (Fsp3) is 0.385. The van der Waals surface area contributed by atoms with Crippen LogP contribution in [0.1, 0.15) is 12.0 Å². The number of methoxy groups -OCH3 is 1. The van der Waals surface area contributed by atoms with Gasteiger partial charge in [-0.1, -0.05) is 30.3 Å². The average molecular weight is 315 g/mol. The van der Waals surface area contributed by atoms with Crippen molar-refractivity contribution in [1.82, 2.24) is 5.32 Å². The Kier molecular flexibility index (Phi) is 7.68. The first-order chi connectivity index (χ1) is 10.0. The number of hydrogen-bond donors (Lipinski definition) is 3. The maximum atomic E-state index is 11.6. The van der Waals surface area contributed by atoms with Crippen molar-refractivity contribution >= 4 is 20.4 Å². The van der Waals surface area contributed by atoms with Gasteiger partial charge in [-0.15, -0.1) is 0 Å². The molecular weight excluding hydrogens is 297 g/mol. The molecule has 1 rings (SSSR count). The Morgan fingerprint density at radius 3 is 2.52 bits per heavy atom. The molecule has 8 heteroatoms. The number of benzene rings is 1. The molecule has 0 aliphatic rings. The minimum Gasteiger partial charge on any atom is -0.467 e. The molecule has 0 fully saturated rings. The lowest BCUT2D eigenvalue weighted by Crippen LogP contribution is -2.42. The molecule has 0 spiro atoms. The molecule has 0 saturated heterocycles. The molecular formula is C13H18NO6P. The van der Waals surface area contributed by atoms with Crippen LogP contribution >= 0.6 is 8.38 Å². The van der Waals surface area contributed by atoms with Gasteiger partial charge in [0.25, 0.3) is 0 Å². The SMILES string of the molecule is COC(=O)[C@H](CCP(O)O)NC(=O)OCc1ccccc1. The molecule has 21 heavy (non-hydrogen) atoms. The summed E-state index contributed by atoms with van der Waals surface area (Å²) in [4.78, 5) is 40.8. The zero-order chi connectivity index (χ0) is 15.7. The predicted molar refractivity (Wildman–Crippen MR) is 76.4 cm³/mol. The van der Waals surface area contributed by atoms with Crippen LogP contribution in [0.5, 0.6) is 0 Å². The molecule has 116 valence electrons. The molecule has 1 atom stereocenters. The normalized spacial score (nSPS) is 11.8. The third-order valence-electron chi connectivity index (χ3n) is 2.61. The molecule has 0 aliphatic heterocycles. The van der Waals surface area contributed by atoms with E-state index in [0.717, 1.165) is 5.56 Å². The zero-order valence-corrected chi connectivity index (χ0v) is 12.5. The van der Waals surface area contributed by atoms with Crippen LogP contribution in [-0.4, -0.2) is 41.2 Å². The Balaban J connectivity index is 2.45. The first-order valence-electron chi connectivity index (χ1n) is 6.23. The average Bonchev–Trinajstić information content (AvgIpc) is 2.49. The second-order valence-electron chi connectivity index (χ2n) is 4.17. The minimum absolute atomic E-state index is 0.00589. The van der Waals surface area contributed by atoms with E-state index in [9.17, 15) is 9.59 Å². The fourth-order valence-corrected chi connectivity index (χ4v) is 2.03. The number of nitrogens with one attached hydrogen (secondary N) is 1. The van der Waals surface area contributed by atoms with Crippen molar-refractivity contribution in [3.05, 3.63) is 35.9 Å². The predicted octanol–water partition coefficient (Wildman–Crippen LogP) is 1.14. The van der Waals surface area contributed by atoms with Gasteiger partial charge in [-0.3, -0.25) is 0 Å². The molecule has 0 unspecified atom stereocenters. The highest BCUT2D eigenvalue weighted by Gasteiger charge is 2.23. The van der Waals surface area contributed by atoms with E-state index >= 15 is 0 Å². The smallest absolute Gasteiger partial charge is 0.408 e. The molecule has 1 amide bonds. The van der Waals surface area contributed by atoms with Crippen LogP contribution in [0.2, 0.25) is 0 Å². The summed E-state index contributed by atoms with van der Waals surface area (Å²) in [5.41, 5.74) is 0.816. The molecule has 3 N–H and O–H groups in total. The van der Waals surface area contributed by atoms with E-state index in [-0.39, 0.29) is 19.2 Å². The van der Waals surface area contributed by atoms with Crippen LogP contribution in [0.4, 0.5) is 4.79 Å². The number of esters is 1. The molecule has 1 aromatic rings. The van der Waals surface area contributed by atoms with Crippen molar-refractivity contribution in [2.75, 3.05) is 13.3 Å². The van der Waals surface area contributed by atoms with Gasteiger partial charge in [0.05, 0.1) is 7.11 Å². The standard InChI is InChI=1S/C13H18NO6P/c1-19-12(15)11(7-8-21(17)18)14-13(16)20-9-10-5-3-2-4-6-10/h2-6,11,17-18H,7-9H2,1H3,(H,14,16)/t11-/m0/s1. The van der Waals surface area contributed by atoms with Gasteiger partial charge >= 0.3 is 12.1 Å². The number of ether oxygens (including phenoxy) is 2. The summed E-state index contributed by atoms with van der Waals surface area (Å²) in [6, 6.07) is 8.12. The number of amides is 1. The van der Waals surface area contributed by atoms with Crippen molar-refractivity contribution < 1.29 is 28.8 Å². The second-order valence-corrected chi connectivity index (χ2v) is 5.36. The third-order valence-corrected chi connectivity index (χ3v) is 3.27. The van der Waals surface area contributed by atoms with E-state index in [1.165, 1.54) is 7.11 Å². The number of hydrogen-bond acceptors (Lipinski definition) is 6. The topological polar surface area (TPSA) is 105 Å². The van der Waals surface area contributed by atoms with Gasteiger partial charge in [0.1, 0.15) is 12.6 Å². The number of alkyl carbamates (subject to hydrolysis) is 1. The largest absolute Gasteiger partial charge is 0.467 e. The van der Waals surface area contributed by atoms with E-state index in [1.54, 1.807) is 12.1 Å². The summed E-state index contributed by atoms with van der Waals surface area (Å²) < 4.78 is 9.53. The number of carbonyl (C=O) groups is 2. The van der Waals surface area contributed by atoms with Crippen molar-refractivity contribution in [3.63, 3.8) is 0 Å². The Labute approximate surface area is 123 Å². The van der Waals surface area contributed by atoms with E-state index in [0.29, 0.717) is 0 Å². The molecule has 0 bridgehead atoms. The zero-order valence-electron chi connectivity index (χ0n) is 11.6. The van der Waals surface area contributed by atoms with Crippen molar-refractivity contribution in [1.29, 1.82) is 0 Å². The first-order valence-corrected chi connectivity index (χ1v) is 7.66. The molecule has 0 heterocycles. The summed E-state index contributed by atoms with van der Waals surface area (Å²) in [5, 5.41) is 2.35. The lowest BCUT2D eigenvalue weighted by molar-refractivity contribution is -0.143. The quantitative estimate of drug-likeness (QED) is 0.515. The highest BCUT2D eigenvalue weighted by Crippen LogP contribution is 2.24. The maximum absolute atomic E-state index is 11.6. The summed E-state index contributed by atoms with van der Waals surface area (Å²) in [7, 11) is -0.944. The first kappa shape index (κ1) is 17.4. The lowest BCUT2D eigenvalue weighted by Gasteiger charge is -2.16. The molecule has 0 saturated carbocycles. The van der Waals surface area contributed by atoms with Crippen LogP contribution in [-0.2, 0) is 20.9 Å². The van der Waals surface area contributed by atoms with Crippen molar-refractivity contribution in [2.24, 2.45) is 0 Å². The summed E-state index contributed by atoms with van der Waals surface area (Å²) in [6.07, 6.45) is -0.714. The summed E-state index contributed by atoms with van der Waals surface area (Å²) in [6.45, 7) is 0.0767. The molecule has 0 radical (unpaired) electrons. The monoisotopic (exact) mass is 315 g/mol. The number of rotatable bonds is 7. The maximum Gasteiger partial charge on any atom is 0.408 e. The van der Waals surface area contributed by atoms with E-state index in [4.69, 9.17) is 14.5 Å². The van der Waals surface area contributed by atoms with Crippen LogP contribution in [0, 0.1) is 0 Å². The van der Waals surface area contributed by atoms with E-state index < -0.39 is 26.5 Å². The Morgan fingerprint density at radius 2 is 1.95 bits per heavy atom. The van der Waals surface area contributed by atoms with Gasteiger partial charge in [-0.05, 0) is 12.0 Å². The van der Waals surface area contributed by atoms with E-state index in [2.05, 4.69) is 10.1 Å². The molecule has 1 aromatic carbocycles. The Morgan fingerprint density at radius 1 is 1.29 bits per heavy atom. The van der Waals surface area contributed by atoms with Crippen molar-refractivity contribution in [2.45, 2.75) is 19.1 Å². The lowest BCUT2D eigenvalue weighted by atomic mass is 10.2. The van der Waals surface area contributed by atoms with Gasteiger partial charge in [-0.2, -0.15) is 0 Å². The molecule has 0 aromatic heterocycles. The highest BCUT2D eigenvalue weighted by molar-refractivity contribution is 7.45. The Bertz CT molecular complexity index is 453. The summed E-state index contributed by atoms with van der Waals surface area (Å²) >= 11 is 0. The van der Waals surface area contributed by atoms with Gasteiger partial charge in [0.2, 0.25) is 0 Å². The van der Waals surface area contributed by atoms with Gasteiger partial charge in [0.15, 0.2) is 8.38 Å². The van der Waals surface area contributed by atoms with Crippen LogP contribution in [0.25, 0.3) is 0 Å². The number of carbonyl (C=O) groups excluding carboxylic acids is 2. The van der Waals surface area contributed by atoms with Gasteiger partial charge in [-0.25, -0.2) is 9.59 Å². The second kappa shape index (κ2) is 9.28.